The first kappa shape index (κ1) is 16.5. The number of nitrogens with zero attached hydrogens (tertiary/aromatic N) is 1. The number of carbonyl (C=O) groups is 2. The number of ether oxygens (including phenoxy) is 2. The van der Waals surface area contributed by atoms with Gasteiger partial charge in [-0.15, -0.1) is 6.58 Å². The summed E-state index contributed by atoms with van der Waals surface area (Å²) >= 11 is 0. The molecule has 5 heteroatoms. The highest BCUT2D eigenvalue weighted by atomic mass is 16.6. The van der Waals surface area contributed by atoms with Gasteiger partial charge in [-0.2, -0.15) is 0 Å². The minimum atomic E-state index is -0.589. The molecule has 0 N–H and O–H groups in total. The van der Waals surface area contributed by atoms with Crippen molar-refractivity contribution in [2.75, 3.05) is 7.11 Å². The van der Waals surface area contributed by atoms with Crippen molar-refractivity contribution in [2.45, 2.75) is 64.1 Å². The lowest BCUT2D eigenvalue weighted by Gasteiger charge is -2.40. The number of likely N-dealkylation sites (tertiary alicyclic amines) is 1. The zero-order valence-electron chi connectivity index (χ0n) is 12.8. The Balaban J connectivity index is 2.96. The molecular formula is C15H25NO4. The number of esters is 1. The van der Waals surface area contributed by atoms with Crippen LogP contribution in [0.25, 0.3) is 0 Å². The van der Waals surface area contributed by atoms with Gasteiger partial charge in [-0.3, -0.25) is 4.90 Å². The smallest absolute Gasteiger partial charge is 0.411 e. The van der Waals surface area contributed by atoms with E-state index < -0.39 is 17.7 Å². The van der Waals surface area contributed by atoms with Crippen LogP contribution in [0.3, 0.4) is 0 Å². The Morgan fingerprint density at radius 3 is 2.50 bits per heavy atom. The molecule has 0 aromatic heterocycles. The van der Waals surface area contributed by atoms with E-state index in [2.05, 4.69) is 6.58 Å². The van der Waals surface area contributed by atoms with Gasteiger partial charge in [-0.05, 0) is 46.5 Å². The van der Waals surface area contributed by atoms with Gasteiger partial charge in [0.05, 0.1) is 7.11 Å². The Morgan fingerprint density at radius 2 is 2.00 bits per heavy atom. The molecule has 1 unspecified atom stereocenters. The average molecular weight is 283 g/mol. The zero-order chi connectivity index (χ0) is 15.3. The molecule has 0 aromatic carbocycles. The molecule has 1 fully saturated rings. The lowest BCUT2D eigenvalue weighted by molar-refractivity contribution is -0.149. The monoisotopic (exact) mass is 283 g/mol. The van der Waals surface area contributed by atoms with E-state index in [0.717, 1.165) is 12.8 Å². The maximum absolute atomic E-state index is 12.4. The van der Waals surface area contributed by atoms with Crippen LogP contribution >= 0.6 is 0 Å². The summed E-state index contributed by atoms with van der Waals surface area (Å²) in [4.78, 5) is 25.8. The molecule has 1 heterocycles. The first-order valence-electron chi connectivity index (χ1n) is 7.00. The maximum Gasteiger partial charge on any atom is 0.411 e. The van der Waals surface area contributed by atoms with Crippen molar-refractivity contribution in [3.63, 3.8) is 0 Å². The van der Waals surface area contributed by atoms with Gasteiger partial charge in [-0.25, -0.2) is 9.59 Å². The Morgan fingerprint density at radius 1 is 1.35 bits per heavy atom. The molecule has 2 atom stereocenters. The second kappa shape index (κ2) is 6.77. The van der Waals surface area contributed by atoms with E-state index in [-0.39, 0.29) is 12.0 Å². The van der Waals surface area contributed by atoms with Crippen molar-refractivity contribution >= 4 is 12.1 Å². The number of carbonyl (C=O) groups excluding carboxylic acids is 2. The molecule has 0 spiro atoms. The summed E-state index contributed by atoms with van der Waals surface area (Å²) < 4.78 is 10.2. The largest absolute Gasteiger partial charge is 0.467 e. The van der Waals surface area contributed by atoms with Gasteiger partial charge < -0.3 is 9.47 Å². The predicted octanol–water partition coefficient (Wildman–Crippen LogP) is 2.89. The third-order valence-corrected chi connectivity index (χ3v) is 3.26. The SMILES string of the molecule is C=CCC1CCC[C@H](C(=O)OC)N1C(=O)OC(C)(C)C. The lowest BCUT2D eigenvalue weighted by Crippen LogP contribution is -2.54. The van der Waals surface area contributed by atoms with Crippen LogP contribution < -0.4 is 0 Å². The van der Waals surface area contributed by atoms with Gasteiger partial charge in [0, 0.05) is 6.04 Å². The van der Waals surface area contributed by atoms with Gasteiger partial charge in [0.1, 0.15) is 11.6 Å². The summed E-state index contributed by atoms with van der Waals surface area (Å²) in [6, 6.07) is -0.617. The Kier molecular flexibility index (Phi) is 5.60. The summed E-state index contributed by atoms with van der Waals surface area (Å²) in [7, 11) is 1.34. The predicted molar refractivity (Wildman–Crippen MR) is 76.3 cm³/mol. The second-order valence-electron chi connectivity index (χ2n) is 6.04. The van der Waals surface area contributed by atoms with E-state index in [0.29, 0.717) is 12.8 Å². The number of hydrogen-bond acceptors (Lipinski definition) is 4. The minimum absolute atomic E-state index is 0.0554. The number of amides is 1. The summed E-state index contributed by atoms with van der Waals surface area (Å²) in [6.45, 7) is 9.15. The molecule has 0 aromatic rings. The molecular weight excluding hydrogens is 258 g/mol. The fourth-order valence-electron chi connectivity index (χ4n) is 2.46. The summed E-state index contributed by atoms with van der Waals surface area (Å²) in [5.74, 6) is -0.385. The standard InChI is InChI=1S/C15H25NO4/c1-6-8-11-9-7-10-12(13(17)19-5)16(11)14(18)20-15(2,3)4/h6,11-12H,1,7-10H2,2-5H3/t11?,12-/m1/s1. The molecule has 20 heavy (non-hydrogen) atoms. The van der Waals surface area contributed by atoms with Crippen LogP contribution in [0.1, 0.15) is 46.5 Å². The molecule has 5 nitrogen and oxygen atoms in total. The van der Waals surface area contributed by atoms with Gasteiger partial charge in [0.15, 0.2) is 0 Å². The van der Waals surface area contributed by atoms with Gasteiger partial charge >= 0.3 is 12.1 Å². The Bertz CT molecular complexity index is 373. The van der Waals surface area contributed by atoms with Crippen molar-refractivity contribution in [2.24, 2.45) is 0 Å². The summed E-state index contributed by atoms with van der Waals surface area (Å²) in [6.07, 6.45) is 4.30. The van der Waals surface area contributed by atoms with Crippen LogP contribution in [0.2, 0.25) is 0 Å². The fourth-order valence-corrected chi connectivity index (χ4v) is 2.46. The molecule has 1 rings (SSSR count). The molecule has 1 amide bonds. The summed E-state index contributed by atoms with van der Waals surface area (Å²) in [5, 5.41) is 0. The molecule has 1 aliphatic heterocycles. The third kappa shape index (κ3) is 4.25. The minimum Gasteiger partial charge on any atom is -0.467 e. The molecule has 1 aliphatic rings. The van der Waals surface area contributed by atoms with E-state index in [1.54, 1.807) is 6.08 Å². The zero-order valence-corrected chi connectivity index (χ0v) is 12.8. The molecule has 114 valence electrons. The van der Waals surface area contributed by atoms with Crippen molar-refractivity contribution < 1.29 is 19.1 Å². The Labute approximate surface area is 120 Å². The van der Waals surface area contributed by atoms with Crippen molar-refractivity contribution in [3.8, 4) is 0 Å². The van der Waals surface area contributed by atoms with Crippen LogP contribution in [-0.4, -0.2) is 41.8 Å². The number of hydrogen-bond donors (Lipinski definition) is 0. The fraction of sp³-hybridized carbons (Fsp3) is 0.733. The van der Waals surface area contributed by atoms with E-state index in [9.17, 15) is 9.59 Å². The molecule has 0 bridgehead atoms. The first-order chi connectivity index (χ1) is 9.30. The van der Waals surface area contributed by atoms with Crippen molar-refractivity contribution in [3.05, 3.63) is 12.7 Å². The highest BCUT2D eigenvalue weighted by molar-refractivity contribution is 5.82. The van der Waals surface area contributed by atoms with Crippen molar-refractivity contribution in [1.82, 2.24) is 4.90 Å². The van der Waals surface area contributed by atoms with Crippen molar-refractivity contribution in [1.29, 1.82) is 0 Å². The quantitative estimate of drug-likeness (QED) is 0.590. The van der Waals surface area contributed by atoms with Gasteiger partial charge in [-0.1, -0.05) is 6.08 Å². The normalized spacial score (nSPS) is 23.1. The van der Waals surface area contributed by atoms with Crippen LogP contribution in [-0.2, 0) is 14.3 Å². The van der Waals surface area contributed by atoms with Gasteiger partial charge in [0.25, 0.3) is 0 Å². The average Bonchev–Trinajstić information content (AvgIpc) is 2.35. The number of piperidine rings is 1. The first-order valence-corrected chi connectivity index (χ1v) is 7.00. The molecule has 0 radical (unpaired) electrons. The number of methoxy groups -OCH3 is 1. The van der Waals surface area contributed by atoms with E-state index in [4.69, 9.17) is 9.47 Å². The van der Waals surface area contributed by atoms with Crippen LogP contribution in [0.5, 0.6) is 0 Å². The van der Waals surface area contributed by atoms with E-state index in [1.807, 2.05) is 20.8 Å². The van der Waals surface area contributed by atoms with Crippen LogP contribution in [0.4, 0.5) is 4.79 Å². The Hall–Kier alpha value is -1.52. The third-order valence-electron chi connectivity index (χ3n) is 3.26. The molecule has 0 saturated carbocycles. The lowest BCUT2D eigenvalue weighted by atomic mass is 9.94. The topological polar surface area (TPSA) is 55.8 Å². The molecule has 1 saturated heterocycles. The number of rotatable bonds is 3. The second-order valence-corrected chi connectivity index (χ2v) is 6.04. The molecule has 0 aliphatic carbocycles. The van der Waals surface area contributed by atoms with Crippen LogP contribution in [0, 0.1) is 0 Å². The summed E-state index contributed by atoms with van der Waals surface area (Å²) in [5.41, 5.74) is -0.589. The van der Waals surface area contributed by atoms with E-state index >= 15 is 0 Å². The van der Waals surface area contributed by atoms with E-state index in [1.165, 1.54) is 12.0 Å². The highest BCUT2D eigenvalue weighted by Gasteiger charge is 2.40. The maximum atomic E-state index is 12.4. The highest BCUT2D eigenvalue weighted by Crippen LogP contribution is 2.28. The van der Waals surface area contributed by atoms with Crippen LogP contribution in [0.15, 0.2) is 12.7 Å². The van der Waals surface area contributed by atoms with Gasteiger partial charge in [0.2, 0.25) is 0 Å².